The second kappa shape index (κ2) is 6.25. The Morgan fingerprint density at radius 3 is 2.77 bits per heavy atom. The average Bonchev–Trinajstić information content (AvgIpc) is 3.47. The molecule has 1 fully saturated rings. The summed E-state index contributed by atoms with van der Waals surface area (Å²) in [6, 6.07) is 10.9. The molecule has 1 amide bonds. The van der Waals surface area contributed by atoms with Crippen molar-refractivity contribution in [3.63, 3.8) is 0 Å². The van der Waals surface area contributed by atoms with Crippen molar-refractivity contribution in [2.45, 2.75) is 31.7 Å². The number of aromatic nitrogens is 2. The molecule has 0 saturated heterocycles. The highest BCUT2D eigenvalue weighted by Crippen LogP contribution is 2.38. The summed E-state index contributed by atoms with van der Waals surface area (Å²) in [5.74, 6) is -0.139. The second-order valence-electron chi connectivity index (χ2n) is 6.47. The lowest BCUT2D eigenvalue weighted by Crippen LogP contribution is -2.34. The first-order chi connectivity index (χ1) is 12.5. The van der Waals surface area contributed by atoms with E-state index in [1.165, 1.54) is 6.07 Å². The van der Waals surface area contributed by atoms with Crippen LogP contribution >= 0.6 is 0 Å². The quantitative estimate of drug-likeness (QED) is 0.729. The average molecular weight is 351 g/mol. The zero-order valence-corrected chi connectivity index (χ0v) is 14.1. The Bertz CT molecular complexity index is 1110. The van der Waals surface area contributed by atoms with Crippen LogP contribution in [-0.4, -0.2) is 15.7 Å². The Balaban J connectivity index is 1.62. The van der Waals surface area contributed by atoms with E-state index in [0.29, 0.717) is 16.9 Å². The van der Waals surface area contributed by atoms with Gasteiger partial charge in [-0.2, -0.15) is 5.10 Å². The molecule has 3 aromatic rings. The fraction of sp³-hybridized carbons (Fsp3) is 0.263. The number of hydrogen-bond acceptors (Lipinski definition) is 5. The third-order valence-electron chi connectivity index (χ3n) is 4.49. The lowest BCUT2D eigenvalue weighted by atomic mass is 10.2. The number of hydrogen-bond donors (Lipinski definition) is 1. The Labute approximate surface area is 148 Å². The minimum atomic E-state index is -0.855. The van der Waals surface area contributed by atoms with E-state index in [1.807, 2.05) is 6.07 Å². The van der Waals surface area contributed by atoms with Gasteiger partial charge in [-0.15, -0.1) is 0 Å². The highest BCUT2D eigenvalue weighted by atomic mass is 16.4. The number of nitrogens with zero attached hydrogens (tertiary/aromatic N) is 2. The number of fused-ring (bicyclic) bond motifs is 1. The second-order valence-corrected chi connectivity index (χ2v) is 6.47. The van der Waals surface area contributed by atoms with Crippen LogP contribution in [-0.2, 0) is 4.79 Å². The van der Waals surface area contributed by atoms with Gasteiger partial charge in [-0.05, 0) is 38.0 Å². The van der Waals surface area contributed by atoms with Crippen molar-refractivity contribution in [3.05, 3.63) is 68.9 Å². The van der Waals surface area contributed by atoms with Gasteiger partial charge in [0.25, 0.3) is 5.56 Å². The predicted octanol–water partition coefficient (Wildman–Crippen LogP) is 2.43. The van der Waals surface area contributed by atoms with E-state index in [0.717, 1.165) is 23.2 Å². The molecular formula is C19H17N3O4. The maximum absolute atomic E-state index is 12.6. The van der Waals surface area contributed by atoms with Crippen LogP contribution in [0.3, 0.4) is 0 Å². The number of carbonyl (C=O) groups is 1. The van der Waals surface area contributed by atoms with Crippen LogP contribution in [0.15, 0.2) is 56.5 Å². The van der Waals surface area contributed by atoms with E-state index >= 15 is 0 Å². The molecule has 1 atom stereocenters. The number of nitrogens with one attached hydrogen (secondary N) is 1. The predicted molar refractivity (Wildman–Crippen MR) is 96.3 cm³/mol. The smallest absolute Gasteiger partial charge is 0.360 e. The van der Waals surface area contributed by atoms with Crippen molar-refractivity contribution in [1.29, 1.82) is 0 Å². The van der Waals surface area contributed by atoms with Crippen molar-refractivity contribution >= 4 is 22.6 Å². The van der Waals surface area contributed by atoms with E-state index in [-0.39, 0.29) is 11.2 Å². The van der Waals surface area contributed by atoms with Crippen LogP contribution < -0.4 is 16.5 Å². The Morgan fingerprint density at radius 1 is 1.23 bits per heavy atom. The summed E-state index contributed by atoms with van der Waals surface area (Å²) in [7, 11) is 0. The molecule has 7 heteroatoms. The molecule has 0 radical (unpaired) electrons. The maximum Gasteiger partial charge on any atom is 0.360 e. The van der Waals surface area contributed by atoms with Crippen LogP contribution in [0.1, 0.15) is 37.4 Å². The zero-order valence-electron chi connectivity index (χ0n) is 14.1. The minimum Gasteiger partial charge on any atom is -0.421 e. The molecule has 1 saturated carbocycles. The van der Waals surface area contributed by atoms with Crippen LogP contribution in [0, 0.1) is 0 Å². The third kappa shape index (κ3) is 3.03. The molecule has 1 unspecified atom stereocenters. The zero-order chi connectivity index (χ0) is 18.3. The lowest BCUT2D eigenvalue weighted by Gasteiger charge is -2.14. The number of carbonyl (C=O) groups excluding carboxylic acids is 1. The maximum atomic E-state index is 12.6. The van der Waals surface area contributed by atoms with Gasteiger partial charge in [0.2, 0.25) is 5.91 Å². The Kier molecular flexibility index (Phi) is 3.91. The number of amides is 1. The van der Waals surface area contributed by atoms with Gasteiger partial charge < -0.3 is 9.73 Å². The largest absolute Gasteiger partial charge is 0.421 e. The summed E-state index contributed by atoms with van der Waals surface area (Å²) >= 11 is 0. The first-order valence-electron chi connectivity index (χ1n) is 8.46. The number of anilines is 1. The van der Waals surface area contributed by atoms with Crippen molar-refractivity contribution in [2.24, 2.45) is 0 Å². The van der Waals surface area contributed by atoms with Gasteiger partial charge in [-0.1, -0.05) is 18.2 Å². The van der Waals surface area contributed by atoms with Gasteiger partial charge in [0, 0.05) is 17.4 Å². The summed E-state index contributed by atoms with van der Waals surface area (Å²) < 4.78 is 6.37. The van der Waals surface area contributed by atoms with E-state index in [9.17, 15) is 14.4 Å². The van der Waals surface area contributed by atoms with Gasteiger partial charge in [0.05, 0.1) is 5.69 Å². The summed E-state index contributed by atoms with van der Waals surface area (Å²) in [4.78, 5) is 36.7. The Hall–Kier alpha value is -3.22. The highest BCUT2D eigenvalue weighted by molar-refractivity contribution is 5.94. The van der Waals surface area contributed by atoms with Crippen molar-refractivity contribution < 1.29 is 9.21 Å². The highest BCUT2D eigenvalue weighted by Gasteiger charge is 2.27. The van der Waals surface area contributed by atoms with Crippen LogP contribution in [0.25, 0.3) is 11.0 Å². The van der Waals surface area contributed by atoms with Crippen molar-refractivity contribution in [2.75, 3.05) is 5.32 Å². The number of para-hydroxylation sites is 1. The van der Waals surface area contributed by atoms with Gasteiger partial charge >= 0.3 is 5.63 Å². The topological polar surface area (TPSA) is 94.2 Å². The molecule has 0 bridgehead atoms. The van der Waals surface area contributed by atoms with Crippen molar-refractivity contribution in [1.82, 2.24) is 9.78 Å². The molecule has 4 rings (SSSR count). The molecule has 1 aromatic carbocycles. The first kappa shape index (κ1) is 16.3. The van der Waals surface area contributed by atoms with E-state index in [4.69, 9.17) is 4.42 Å². The molecule has 1 N–H and O–H groups in total. The van der Waals surface area contributed by atoms with Gasteiger partial charge in [0.1, 0.15) is 17.3 Å². The van der Waals surface area contributed by atoms with E-state index in [2.05, 4.69) is 10.4 Å². The summed E-state index contributed by atoms with van der Waals surface area (Å²) in [5, 5.41) is 7.55. The molecule has 132 valence electrons. The minimum absolute atomic E-state index is 0.0342. The molecule has 2 heterocycles. The summed E-state index contributed by atoms with van der Waals surface area (Å²) in [6.45, 7) is 1.57. The number of rotatable bonds is 4. The summed E-state index contributed by atoms with van der Waals surface area (Å²) in [5.41, 5.74) is 0.291. The van der Waals surface area contributed by atoms with Crippen LogP contribution in [0.5, 0.6) is 0 Å². The van der Waals surface area contributed by atoms with Gasteiger partial charge in [0.15, 0.2) is 0 Å². The van der Waals surface area contributed by atoms with E-state index < -0.39 is 17.6 Å². The molecule has 1 aliphatic rings. The van der Waals surface area contributed by atoms with Gasteiger partial charge in [-0.3, -0.25) is 9.59 Å². The molecule has 0 spiro atoms. The Morgan fingerprint density at radius 2 is 2.00 bits per heavy atom. The lowest BCUT2D eigenvalue weighted by molar-refractivity contribution is -0.119. The molecule has 1 aliphatic carbocycles. The number of benzene rings is 1. The molecule has 7 nitrogen and oxygen atoms in total. The first-order valence-corrected chi connectivity index (χ1v) is 8.46. The monoisotopic (exact) mass is 351 g/mol. The SMILES string of the molecule is CC(C(=O)Nc1cc2ccccc2oc1=O)n1nc(C2CC2)ccc1=O. The molecular weight excluding hydrogens is 334 g/mol. The summed E-state index contributed by atoms with van der Waals surface area (Å²) in [6.07, 6.45) is 2.09. The van der Waals surface area contributed by atoms with Gasteiger partial charge in [-0.25, -0.2) is 9.48 Å². The molecule has 2 aromatic heterocycles. The standard InChI is InChI=1S/C19H17N3O4/c1-11(22-17(23)9-8-14(21-22)12-6-7-12)18(24)20-15-10-13-4-2-3-5-16(13)26-19(15)25/h2-5,8-12H,6-7H2,1H3,(H,20,24). The van der Waals surface area contributed by atoms with Crippen LogP contribution in [0.4, 0.5) is 5.69 Å². The van der Waals surface area contributed by atoms with Crippen LogP contribution in [0.2, 0.25) is 0 Å². The van der Waals surface area contributed by atoms with E-state index in [1.54, 1.807) is 37.3 Å². The molecule has 0 aliphatic heterocycles. The fourth-order valence-corrected chi connectivity index (χ4v) is 2.81. The normalized spacial score (nSPS) is 15.0. The third-order valence-corrected chi connectivity index (χ3v) is 4.49. The fourth-order valence-electron chi connectivity index (χ4n) is 2.81. The van der Waals surface area contributed by atoms with Crippen molar-refractivity contribution in [3.8, 4) is 0 Å². The molecule has 26 heavy (non-hydrogen) atoms.